The van der Waals surface area contributed by atoms with Gasteiger partial charge in [0.15, 0.2) is 0 Å². The van der Waals surface area contributed by atoms with E-state index in [-0.39, 0.29) is 10.2 Å². The average Bonchev–Trinajstić information content (AvgIpc) is 2.68. The molecule has 0 amide bonds. The number of nitrogens with one attached hydrogen (secondary N) is 1. The molecule has 90 valence electrons. The predicted molar refractivity (Wildman–Crippen MR) is 64.6 cm³/mol. The van der Waals surface area contributed by atoms with Gasteiger partial charge in [-0.2, -0.15) is 5.10 Å². The van der Waals surface area contributed by atoms with Crippen molar-refractivity contribution >= 4 is 21.6 Å². The summed E-state index contributed by atoms with van der Waals surface area (Å²) in [4.78, 5) is 0. The van der Waals surface area contributed by atoms with Gasteiger partial charge in [0.1, 0.15) is 11.6 Å². The maximum Gasteiger partial charge on any atom is 0.147 e. The minimum Gasteiger partial charge on any atom is -0.378 e. The number of aromatic nitrogens is 2. The van der Waals surface area contributed by atoms with Crippen LogP contribution in [0.3, 0.4) is 0 Å². The number of benzene rings is 1. The molecular formula is C11H10BrF2N3. The molecule has 0 spiro atoms. The maximum atomic E-state index is 13.5. The van der Waals surface area contributed by atoms with E-state index >= 15 is 0 Å². The minimum atomic E-state index is -0.500. The Hall–Kier alpha value is -1.43. The van der Waals surface area contributed by atoms with Crippen LogP contribution in [0, 0.1) is 11.6 Å². The lowest BCUT2D eigenvalue weighted by Gasteiger charge is -2.07. The number of aryl methyl sites for hydroxylation is 1. The van der Waals surface area contributed by atoms with E-state index in [0.717, 1.165) is 17.7 Å². The van der Waals surface area contributed by atoms with Crippen molar-refractivity contribution in [3.63, 3.8) is 0 Å². The van der Waals surface area contributed by atoms with Gasteiger partial charge in [-0.1, -0.05) is 0 Å². The highest BCUT2D eigenvalue weighted by molar-refractivity contribution is 9.10. The van der Waals surface area contributed by atoms with Gasteiger partial charge in [0.05, 0.1) is 16.4 Å². The summed E-state index contributed by atoms with van der Waals surface area (Å²) in [6.07, 6.45) is 3.47. The Bertz CT molecular complexity index is 540. The van der Waals surface area contributed by atoms with Gasteiger partial charge in [0.2, 0.25) is 0 Å². The Morgan fingerprint density at radius 1 is 1.35 bits per heavy atom. The Morgan fingerprint density at radius 2 is 2.12 bits per heavy atom. The lowest BCUT2D eigenvalue weighted by atomic mass is 10.2. The number of anilines is 1. The van der Waals surface area contributed by atoms with Crippen LogP contribution in [0.1, 0.15) is 5.56 Å². The summed E-state index contributed by atoms with van der Waals surface area (Å²) < 4.78 is 28.4. The molecule has 0 saturated heterocycles. The molecule has 1 aromatic heterocycles. The van der Waals surface area contributed by atoms with Crippen molar-refractivity contribution in [3.8, 4) is 0 Å². The summed E-state index contributed by atoms with van der Waals surface area (Å²) in [6, 6.07) is 2.22. The second-order valence-electron chi connectivity index (χ2n) is 3.62. The van der Waals surface area contributed by atoms with Crippen LogP contribution in [0.4, 0.5) is 14.5 Å². The first-order valence-electron chi connectivity index (χ1n) is 4.92. The molecule has 2 aromatic rings. The molecule has 0 aliphatic carbocycles. The van der Waals surface area contributed by atoms with E-state index in [1.165, 1.54) is 0 Å². The highest BCUT2D eigenvalue weighted by Crippen LogP contribution is 2.23. The molecular weight excluding hydrogens is 292 g/mol. The number of rotatable bonds is 3. The lowest BCUT2D eigenvalue weighted by Crippen LogP contribution is -2.01. The molecule has 1 heterocycles. The van der Waals surface area contributed by atoms with Gasteiger partial charge < -0.3 is 5.32 Å². The molecule has 0 atom stereocenters. The van der Waals surface area contributed by atoms with Crippen LogP contribution < -0.4 is 5.32 Å². The molecule has 3 nitrogen and oxygen atoms in total. The normalized spacial score (nSPS) is 10.6. The van der Waals surface area contributed by atoms with Crippen molar-refractivity contribution in [1.82, 2.24) is 9.78 Å². The molecule has 17 heavy (non-hydrogen) atoms. The highest BCUT2D eigenvalue weighted by atomic mass is 79.9. The van der Waals surface area contributed by atoms with Gasteiger partial charge in [-0.25, -0.2) is 8.78 Å². The van der Waals surface area contributed by atoms with Gasteiger partial charge in [0, 0.05) is 31.4 Å². The van der Waals surface area contributed by atoms with Crippen LogP contribution in [0.25, 0.3) is 0 Å². The molecule has 0 aliphatic heterocycles. The molecule has 0 fully saturated rings. The van der Waals surface area contributed by atoms with Crippen molar-refractivity contribution in [3.05, 3.63) is 46.2 Å². The monoisotopic (exact) mass is 301 g/mol. The fraction of sp³-hybridized carbons (Fsp3) is 0.182. The van der Waals surface area contributed by atoms with Crippen LogP contribution in [0.2, 0.25) is 0 Å². The second kappa shape index (κ2) is 4.83. The topological polar surface area (TPSA) is 29.9 Å². The first kappa shape index (κ1) is 12.0. The van der Waals surface area contributed by atoms with E-state index in [1.807, 2.05) is 0 Å². The van der Waals surface area contributed by atoms with E-state index < -0.39 is 11.6 Å². The van der Waals surface area contributed by atoms with Crippen LogP contribution in [0.5, 0.6) is 0 Å². The quantitative estimate of drug-likeness (QED) is 0.883. The van der Waals surface area contributed by atoms with Gasteiger partial charge in [-0.05, 0) is 22.0 Å². The van der Waals surface area contributed by atoms with Crippen molar-refractivity contribution in [2.45, 2.75) is 6.54 Å². The molecule has 0 unspecified atom stereocenters. The van der Waals surface area contributed by atoms with Crippen LogP contribution in [0.15, 0.2) is 29.0 Å². The molecule has 2 rings (SSSR count). The van der Waals surface area contributed by atoms with Crippen molar-refractivity contribution < 1.29 is 8.78 Å². The van der Waals surface area contributed by atoms with E-state index in [4.69, 9.17) is 0 Å². The average molecular weight is 302 g/mol. The van der Waals surface area contributed by atoms with E-state index in [9.17, 15) is 8.78 Å². The molecule has 1 aromatic carbocycles. The maximum absolute atomic E-state index is 13.5. The van der Waals surface area contributed by atoms with Crippen molar-refractivity contribution in [2.24, 2.45) is 7.05 Å². The fourth-order valence-electron chi connectivity index (χ4n) is 1.42. The van der Waals surface area contributed by atoms with Crippen LogP contribution >= 0.6 is 15.9 Å². The summed E-state index contributed by atoms with van der Waals surface area (Å²) in [6.45, 7) is 0.395. The first-order valence-corrected chi connectivity index (χ1v) is 5.71. The van der Waals surface area contributed by atoms with Crippen LogP contribution in [-0.4, -0.2) is 9.78 Å². The first-order chi connectivity index (χ1) is 8.06. The molecule has 0 radical (unpaired) electrons. The minimum absolute atomic E-state index is 0.113. The Labute approximate surface area is 106 Å². The van der Waals surface area contributed by atoms with Gasteiger partial charge in [-0.15, -0.1) is 0 Å². The number of hydrogen-bond acceptors (Lipinski definition) is 2. The summed E-state index contributed by atoms with van der Waals surface area (Å²) in [5.74, 6) is -0.998. The zero-order chi connectivity index (χ0) is 12.4. The van der Waals surface area contributed by atoms with Gasteiger partial charge >= 0.3 is 0 Å². The molecule has 0 bridgehead atoms. The molecule has 0 saturated carbocycles. The lowest BCUT2D eigenvalue weighted by molar-refractivity contribution is 0.596. The fourth-order valence-corrected chi connectivity index (χ4v) is 1.73. The van der Waals surface area contributed by atoms with Gasteiger partial charge in [0.25, 0.3) is 0 Å². The van der Waals surface area contributed by atoms with E-state index in [2.05, 4.69) is 26.3 Å². The predicted octanol–water partition coefficient (Wildman–Crippen LogP) is 3.07. The molecule has 6 heteroatoms. The summed E-state index contributed by atoms with van der Waals surface area (Å²) in [7, 11) is 1.80. The van der Waals surface area contributed by atoms with Crippen molar-refractivity contribution in [1.29, 1.82) is 0 Å². The Kier molecular flexibility index (Phi) is 3.42. The number of hydrogen-bond donors (Lipinski definition) is 1. The standard InChI is InChI=1S/C11H10BrF2N3/c1-17-6-7(5-16-17)4-15-11-3-9(13)8(12)2-10(11)14/h2-3,5-6,15H,4H2,1H3. The van der Waals surface area contributed by atoms with Crippen molar-refractivity contribution in [2.75, 3.05) is 5.32 Å². The summed E-state index contributed by atoms with van der Waals surface area (Å²) >= 11 is 2.92. The SMILES string of the molecule is Cn1cc(CNc2cc(F)c(Br)cc2F)cn1. The van der Waals surface area contributed by atoms with Crippen LogP contribution in [-0.2, 0) is 13.6 Å². The highest BCUT2D eigenvalue weighted by Gasteiger charge is 2.08. The van der Waals surface area contributed by atoms with E-state index in [0.29, 0.717) is 6.54 Å². The Morgan fingerprint density at radius 3 is 2.76 bits per heavy atom. The third-order valence-electron chi connectivity index (χ3n) is 2.25. The molecule has 0 aliphatic rings. The Balaban J connectivity index is 2.11. The summed E-state index contributed by atoms with van der Waals surface area (Å²) in [5, 5.41) is 6.81. The van der Waals surface area contributed by atoms with E-state index in [1.54, 1.807) is 24.1 Å². The second-order valence-corrected chi connectivity index (χ2v) is 4.48. The zero-order valence-corrected chi connectivity index (χ0v) is 10.6. The van der Waals surface area contributed by atoms with Gasteiger partial charge in [-0.3, -0.25) is 4.68 Å². The zero-order valence-electron chi connectivity index (χ0n) is 9.04. The summed E-state index contributed by atoms with van der Waals surface area (Å²) in [5.41, 5.74) is 1.03. The smallest absolute Gasteiger partial charge is 0.147 e. The molecule has 1 N–H and O–H groups in total. The number of halogens is 3. The third kappa shape index (κ3) is 2.82. The number of nitrogens with zero attached hydrogens (tertiary/aromatic N) is 2. The third-order valence-corrected chi connectivity index (χ3v) is 2.86. The largest absolute Gasteiger partial charge is 0.378 e.